The number of aromatic amines is 1. The predicted molar refractivity (Wildman–Crippen MR) is 123 cm³/mol. The number of H-pyrrole nitrogens is 1. The summed E-state index contributed by atoms with van der Waals surface area (Å²) < 4.78 is 5.53. The quantitative estimate of drug-likeness (QED) is 0.528. The molecule has 2 aliphatic heterocycles. The summed E-state index contributed by atoms with van der Waals surface area (Å²) in [6.45, 7) is 2.63. The van der Waals surface area contributed by atoms with Crippen molar-refractivity contribution in [2.75, 3.05) is 33.3 Å². The zero-order chi connectivity index (χ0) is 22.5. The van der Waals surface area contributed by atoms with Gasteiger partial charge >= 0.3 is 0 Å². The van der Waals surface area contributed by atoms with Gasteiger partial charge in [-0.05, 0) is 35.7 Å². The molecule has 3 heterocycles. The molecule has 3 aromatic carbocycles. The fourth-order valence-electron chi connectivity index (χ4n) is 5.23. The number of amides is 2. The van der Waals surface area contributed by atoms with E-state index >= 15 is 0 Å². The highest BCUT2D eigenvalue weighted by Gasteiger charge is 2.43. The molecule has 4 aromatic rings. The second-order valence-electron chi connectivity index (χ2n) is 8.88. The first kappa shape index (κ1) is 19.7. The summed E-state index contributed by atoms with van der Waals surface area (Å²) in [6, 6.07) is 17.1. The summed E-state index contributed by atoms with van der Waals surface area (Å²) in [4.78, 5) is 30.2. The van der Waals surface area contributed by atoms with Gasteiger partial charge in [0.25, 0.3) is 11.8 Å². The van der Waals surface area contributed by atoms with Crippen LogP contribution in [-0.2, 0) is 0 Å². The molecule has 0 unspecified atom stereocenters. The van der Waals surface area contributed by atoms with Gasteiger partial charge in [0, 0.05) is 54.5 Å². The van der Waals surface area contributed by atoms with Crippen LogP contribution in [0.2, 0.25) is 0 Å². The summed E-state index contributed by atoms with van der Waals surface area (Å²) in [7, 11) is 1.63. The van der Waals surface area contributed by atoms with Crippen molar-refractivity contribution in [3.63, 3.8) is 0 Å². The van der Waals surface area contributed by atoms with Crippen LogP contribution in [0.4, 0.5) is 0 Å². The maximum absolute atomic E-state index is 13.3. The molecule has 2 aliphatic rings. The molecule has 0 spiro atoms. The Kier molecular flexibility index (Phi) is 4.53. The van der Waals surface area contributed by atoms with Crippen molar-refractivity contribution in [3.05, 3.63) is 65.7 Å². The van der Waals surface area contributed by atoms with Crippen LogP contribution < -0.4 is 4.74 Å². The smallest absolute Gasteiger partial charge is 0.254 e. The third kappa shape index (κ3) is 3.29. The van der Waals surface area contributed by atoms with Gasteiger partial charge in [-0.2, -0.15) is 0 Å². The average Bonchev–Trinajstić information content (AvgIpc) is 3.56. The molecule has 8 nitrogen and oxygen atoms in total. The molecule has 1 aromatic heterocycles. The third-order valence-electron chi connectivity index (χ3n) is 6.92. The Morgan fingerprint density at radius 3 is 2.33 bits per heavy atom. The first-order chi connectivity index (χ1) is 16.1. The molecule has 0 aliphatic carbocycles. The van der Waals surface area contributed by atoms with Crippen LogP contribution in [0.1, 0.15) is 20.7 Å². The van der Waals surface area contributed by atoms with Crippen LogP contribution >= 0.6 is 0 Å². The summed E-state index contributed by atoms with van der Waals surface area (Å²) in [5.41, 5.74) is 2.75. The number of nitrogens with one attached hydrogen (secondary N) is 1. The van der Waals surface area contributed by atoms with Gasteiger partial charge < -0.3 is 14.5 Å². The van der Waals surface area contributed by atoms with Crippen LogP contribution in [-0.4, -0.2) is 70.3 Å². The zero-order valence-corrected chi connectivity index (χ0v) is 18.2. The maximum Gasteiger partial charge on any atom is 0.254 e. The van der Waals surface area contributed by atoms with E-state index in [2.05, 4.69) is 15.4 Å². The molecule has 8 heteroatoms. The molecule has 0 bridgehead atoms. The molecule has 2 amide bonds. The number of likely N-dealkylation sites (tertiary alicyclic amines) is 2. The average molecular weight is 441 g/mol. The molecule has 0 radical (unpaired) electrons. The van der Waals surface area contributed by atoms with Gasteiger partial charge in [0.05, 0.1) is 12.6 Å². The highest BCUT2D eigenvalue weighted by molar-refractivity contribution is 6.01. The van der Waals surface area contributed by atoms with Crippen molar-refractivity contribution in [3.8, 4) is 5.75 Å². The number of carbonyl (C=O) groups excluding carboxylic acids is 2. The van der Waals surface area contributed by atoms with Crippen molar-refractivity contribution in [1.82, 2.24) is 25.2 Å². The van der Waals surface area contributed by atoms with E-state index in [1.165, 1.54) is 0 Å². The first-order valence-corrected chi connectivity index (χ1v) is 11.1. The predicted octanol–water partition coefficient (Wildman–Crippen LogP) is 2.96. The van der Waals surface area contributed by atoms with E-state index in [-0.39, 0.29) is 23.7 Å². The second kappa shape index (κ2) is 7.58. The highest BCUT2D eigenvalue weighted by atomic mass is 16.5. The molecular formula is C25H23N5O3. The van der Waals surface area contributed by atoms with Crippen LogP contribution in [0.5, 0.6) is 5.75 Å². The summed E-state index contributed by atoms with van der Waals surface area (Å²) in [5.74, 6) is 1.30. The lowest BCUT2D eigenvalue weighted by Crippen LogP contribution is -2.35. The van der Waals surface area contributed by atoms with Gasteiger partial charge in [0.2, 0.25) is 0 Å². The van der Waals surface area contributed by atoms with Crippen LogP contribution in [0.25, 0.3) is 21.8 Å². The fourth-order valence-corrected chi connectivity index (χ4v) is 5.23. The standard InChI is InChI=1S/C25H23N5O3/c1-33-23-10-17(8-15-4-2-3-5-20(15)23)25(32)30-13-18-11-29(12-19(18)14-30)24(31)16-6-7-21-22(9-16)27-28-26-21/h2-10,18-19H,11-14H2,1H3,(H,26,27,28)/t18-,19-/m1/s1. The first-order valence-electron chi connectivity index (χ1n) is 11.1. The normalized spacial score (nSPS) is 19.9. The molecule has 33 heavy (non-hydrogen) atoms. The minimum absolute atomic E-state index is 0.00596. The number of nitrogens with zero attached hydrogens (tertiary/aromatic N) is 4. The van der Waals surface area contributed by atoms with E-state index in [0.717, 1.165) is 16.3 Å². The minimum atomic E-state index is 0.00596. The second-order valence-corrected chi connectivity index (χ2v) is 8.88. The molecule has 2 saturated heterocycles. The van der Waals surface area contributed by atoms with Crippen molar-refractivity contribution in [2.24, 2.45) is 11.8 Å². The number of carbonyl (C=O) groups is 2. The van der Waals surface area contributed by atoms with Crippen LogP contribution in [0, 0.1) is 11.8 Å². The Bertz CT molecular complexity index is 1380. The van der Waals surface area contributed by atoms with Crippen molar-refractivity contribution in [2.45, 2.75) is 0 Å². The molecule has 6 rings (SSSR count). The number of rotatable bonds is 3. The van der Waals surface area contributed by atoms with E-state index in [4.69, 9.17) is 4.74 Å². The number of hydrogen-bond acceptors (Lipinski definition) is 5. The van der Waals surface area contributed by atoms with Gasteiger partial charge in [-0.25, -0.2) is 0 Å². The Morgan fingerprint density at radius 2 is 1.61 bits per heavy atom. The van der Waals surface area contributed by atoms with Crippen LogP contribution in [0.15, 0.2) is 54.6 Å². The van der Waals surface area contributed by atoms with Gasteiger partial charge in [0.15, 0.2) is 0 Å². The highest BCUT2D eigenvalue weighted by Crippen LogP contribution is 2.34. The number of ether oxygens (including phenoxy) is 1. The minimum Gasteiger partial charge on any atom is -0.496 e. The van der Waals surface area contributed by atoms with Gasteiger partial charge in [0.1, 0.15) is 11.3 Å². The topological polar surface area (TPSA) is 91.4 Å². The number of methoxy groups -OCH3 is 1. The third-order valence-corrected chi connectivity index (χ3v) is 6.92. The fraction of sp³-hybridized carbons (Fsp3) is 0.280. The summed E-state index contributed by atoms with van der Waals surface area (Å²) in [6.07, 6.45) is 0. The number of fused-ring (bicyclic) bond motifs is 3. The Balaban J connectivity index is 1.17. The van der Waals surface area contributed by atoms with E-state index in [0.29, 0.717) is 48.6 Å². The Morgan fingerprint density at radius 1 is 0.909 bits per heavy atom. The monoisotopic (exact) mass is 441 g/mol. The summed E-state index contributed by atoms with van der Waals surface area (Å²) >= 11 is 0. The summed E-state index contributed by atoms with van der Waals surface area (Å²) in [5, 5.41) is 12.6. The Hall–Kier alpha value is -3.94. The van der Waals surface area contributed by atoms with Crippen molar-refractivity contribution < 1.29 is 14.3 Å². The lowest BCUT2D eigenvalue weighted by atomic mass is 10.0. The molecule has 2 atom stereocenters. The van der Waals surface area contributed by atoms with E-state index < -0.39 is 0 Å². The van der Waals surface area contributed by atoms with E-state index in [1.54, 1.807) is 13.2 Å². The molecule has 2 fully saturated rings. The molecule has 166 valence electrons. The number of hydrogen-bond donors (Lipinski definition) is 1. The molecule has 1 N–H and O–H groups in total. The lowest BCUT2D eigenvalue weighted by molar-refractivity contribution is 0.0738. The largest absolute Gasteiger partial charge is 0.496 e. The van der Waals surface area contributed by atoms with E-state index in [1.807, 2.05) is 58.3 Å². The van der Waals surface area contributed by atoms with Gasteiger partial charge in [-0.3, -0.25) is 14.7 Å². The Labute approximate surface area is 190 Å². The lowest BCUT2D eigenvalue weighted by Gasteiger charge is -2.22. The van der Waals surface area contributed by atoms with Gasteiger partial charge in [-0.1, -0.05) is 29.5 Å². The number of aromatic nitrogens is 3. The van der Waals surface area contributed by atoms with Gasteiger partial charge in [-0.15, -0.1) is 5.10 Å². The molecule has 0 saturated carbocycles. The molecular weight excluding hydrogens is 418 g/mol. The number of benzene rings is 3. The van der Waals surface area contributed by atoms with Crippen molar-refractivity contribution in [1.29, 1.82) is 0 Å². The van der Waals surface area contributed by atoms with E-state index in [9.17, 15) is 9.59 Å². The van der Waals surface area contributed by atoms with Crippen LogP contribution in [0.3, 0.4) is 0 Å². The van der Waals surface area contributed by atoms with Crippen molar-refractivity contribution >= 4 is 33.6 Å². The SMILES string of the molecule is COc1cc(C(=O)N2C[C@H]3CN(C(=O)c4ccc5[nH]nnc5c4)C[C@@H]3C2)cc2ccccc12. The zero-order valence-electron chi connectivity index (χ0n) is 18.2. The maximum atomic E-state index is 13.3.